The van der Waals surface area contributed by atoms with Crippen molar-refractivity contribution < 1.29 is 0 Å². The van der Waals surface area contributed by atoms with Crippen LogP contribution >= 0.6 is 0 Å². The smallest absolute Gasteiger partial charge is 0.00950 e. The van der Waals surface area contributed by atoms with Crippen molar-refractivity contribution in [3.63, 3.8) is 0 Å². The fraction of sp³-hybridized carbons (Fsp3) is 1.00. The van der Waals surface area contributed by atoms with Gasteiger partial charge in [0.15, 0.2) is 0 Å². The molecule has 1 nitrogen and oxygen atoms in total. The fourth-order valence-corrected chi connectivity index (χ4v) is 2.84. The van der Waals surface area contributed by atoms with E-state index in [0.717, 1.165) is 12.6 Å². The van der Waals surface area contributed by atoms with Crippen molar-refractivity contribution in [1.82, 2.24) is 5.32 Å². The third kappa shape index (κ3) is 4.45. The van der Waals surface area contributed by atoms with Crippen molar-refractivity contribution in [3.05, 3.63) is 0 Å². The topological polar surface area (TPSA) is 12.0 Å². The van der Waals surface area contributed by atoms with Crippen molar-refractivity contribution in [1.29, 1.82) is 0 Å². The first-order valence-electron chi connectivity index (χ1n) is 7.48. The zero-order valence-corrected chi connectivity index (χ0v) is 11.6. The van der Waals surface area contributed by atoms with Gasteiger partial charge in [-0.2, -0.15) is 0 Å². The van der Waals surface area contributed by atoms with Crippen LogP contribution < -0.4 is 5.32 Å². The second-order valence-electron chi connectivity index (χ2n) is 5.66. The van der Waals surface area contributed by atoms with Gasteiger partial charge in [0.1, 0.15) is 0 Å². The third-order valence-corrected chi connectivity index (χ3v) is 4.35. The van der Waals surface area contributed by atoms with Crippen LogP contribution in [-0.4, -0.2) is 12.6 Å². The molecular weight excluding hydrogens is 194 g/mol. The number of rotatable bonds is 10. The first kappa shape index (κ1) is 14.0. The summed E-state index contributed by atoms with van der Waals surface area (Å²) in [5.74, 6) is 0. The molecule has 0 aliphatic heterocycles. The van der Waals surface area contributed by atoms with E-state index in [0.29, 0.717) is 5.41 Å². The van der Waals surface area contributed by atoms with Crippen LogP contribution in [0.5, 0.6) is 0 Å². The highest BCUT2D eigenvalue weighted by molar-refractivity contribution is 4.99. The molecule has 96 valence electrons. The molecule has 1 N–H and O–H groups in total. The lowest BCUT2D eigenvalue weighted by atomic mass is 9.91. The predicted molar refractivity (Wildman–Crippen MR) is 72.8 cm³/mol. The van der Waals surface area contributed by atoms with Gasteiger partial charge in [-0.1, -0.05) is 52.4 Å². The highest BCUT2D eigenvalue weighted by Gasteiger charge is 2.45. The minimum absolute atomic E-state index is 0.695. The van der Waals surface area contributed by atoms with Crippen molar-refractivity contribution >= 4 is 0 Å². The molecule has 1 fully saturated rings. The zero-order chi connectivity index (χ0) is 11.9. The molecule has 1 rings (SSSR count). The number of hydrogen-bond donors (Lipinski definition) is 1. The van der Waals surface area contributed by atoms with Crippen LogP contribution in [0.4, 0.5) is 0 Å². The number of unbranched alkanes of at least 4 members (excludes halogenated alkanes) is 5. The van der Waals surface area contributed by atoms with Gasteiger partial charge in [0.2, 0.25) is 0 Å². The second-order valence-corrected chi connectivity index (χ2v) is 5.66. The van der Waals surface area contributed by atoms with E-state index in [1.807, 2.05) is 0 Å². The van der Waals surface area contributed by atoms with Gasteiger partial charge in [-0.15, -0.1) is 0 Å². The van der Waals surface area contributed by atoms with Crippen molar-refractivity contribution in [2.75, 3.05) is 6.54 Å². The summed E-state index contributed by atoms with van der Waals surface area (Å²) in [6.45, 7) is 8.02. The van der Waals surface area contributed by atoms with E-state index in [-0.39, 0.29) is 0 Å². The molecule has 1 heteroatoms. The van der Waals surface area contributed by atoms with E-state index in [9.17, 15) is 0 Å². The number of hydrogen-bond acceptors (Lipinski definition) is 1. The predicted octanol–water partition coefficient (Wildman–Crippen LogP) is 4.52. The molecule has 1 aliphatic rings. The Labute approximate surface area is 102 Å². The largest absolute Gasteiger partial charge is 0.314 e. The molecule has 0 spiro atoms. The molecule has 1 unspecified atom stereocenters. The zero-order valence-electron chi connectivity index (χ0n) is 11.6. The van der Waals surface area contributed by atoms with Gasteiger partial charge in [-0.05, 0) is 38.1 Å². The lowest BCUT2D eigenvalue weighted by Crippen LogP contribution is -2.34. The first-order chi connectivity index (χ1) is 7.75. The van der Waals surface area contributed by atoms with Crippen LogP contribution in [0.25, 0.3) is 0 Å². The monoisotopic (exact) mass is 225 g/mol. The molecule has 0 amide bonds. The molecule has 0 saturated heterocycles. The lowest BCUT2D eigenvalue weighted by Gasteiger charge is -2.24. The van der Waals surface area contributed by atoms with Crippen molar-refractivity contribution in [2.24, 2.45) is 5.41 Å². The quantitative estimate of drug-likeness (QED) is 0.539. The Hall–Kier alpha value is -0.0400. The maximum Gasteiger partial charge on any atom is 0.00950 e. The highest BCUT2D eigenvalue weighted by atomic mass is 14.9. The van der Waals surface area contributed by atoms with Crippen LogP contribution in [0.3, 0.4) is 0 Å². The molecule has 0 aromatic rings. The summed E-state index contributed by atoms with van der Waals surface area (Å²) in [4.78, 5) is 0. The molecule has 1 saturated carbocycles. The third-order valence-electron chi connectivity index (χ3n) is 4.35. The second kappa shape index (κ2) is 7.32. The van der Waals surface area contributed by atoms with Crippen molar-refractivity contribution in [3.8, 4) is 0 Å². The average molecular weight is 225 g/mol. The summed E-state index contributed by atoms with van der Waals surface area (Å²) in [6, 6.07) is 0.744. The molecule has 0 aromatic heterocycles. The van der Waals surface area contributed by atoms with E-state index in [1.165, 1.54) is 57.8 Å². The molecular formula is C15H31N. The van der Waals surface area contributed by atoms with E-state index >= 15 is 0 Å². The van der Waals surface area contributed by atoms with Gasteiger partial charge in [-0.3, -0.25) is 0 Å². The normalized spacial score (nSPS) is 19.7. The molecule has 1 atom stereocenters. The molecule has 0 heterocycles. The summed E-state index contributed by atoms with van der Waals surface area (Å²) in [5.41, 5.74) is 0.695. The molecule has 1 aliphatic carbocycles. The SMILES string of the molecule is CCCCCCCCC1(C(C)NCC)CC1. The van der Waals surface area contributed by atoms with E-state index in [1.54, 1.807) is 0 Å². The summed E-state index contributed by atoms with van der Waals surface area (Å²) in [6.07, 6.45) is 13.0. The lowest BCUT2D eigenvalue weighted by molar-refractivity contribution is 0.323. The Balaban J connectivity index is 2.03. The summed E-state index contributed by atoms with van der Waals surface area (Å²) in [7, 11) is 0. The summed E-state index contributed by atoms with van der Waals surface area (Å²) < 4.78 is 0. The van der Waals surface area contributed by atoms with E-state index in [4.69, 9.17) is 0 Å². The summed E-state index contributed by atoms with van der Waals surface area (Å²) >= 11 is 0. The first-order valence-corrected chi connectivity index (χ1v) is 7.48. The Morgan fingerprint density at radius 3 is 2.19 bits per heavy atom. The van der Waals surface area contributed by atoms with Gasteiger partial charge in [-0.25, -0.2) is 0 Å². The Bertz CT molecular complexity index is 172. The highest BCUT2D eigenvalue weighted by Crippen LogP contribution is 2.52. The fourth-order valence-electron chi connectivity index (χ4n) is 2.84. The maximum absolute atomic E-state index is 3.61. The van der Waals surface area contributed by atoms with Crippen LogP contribution in [-0.2, 0) is 0 Å². The van der Waals surface area contributed by atoms with Crippen LogP contribution in [0.15, 0.2) is 0 Å². The van der Waals surface area contributed by atoms with Gasteiger partial charge < -0.3 is 5.32 Å². The van der Waals surface area contributed by atoms with Crippen LogP contribution in [0, 0.1) is 5.41 Å². The maximum atomic E-state index is 3.61. The number of nitrogens with one attached hydrogen (secondary N) is 1. The molecule has 0 aromatic carbocycles. The molecule has 0 bridgehead atoms. The molecule has 0 radical (unpaired) electrons. The van der Waals surface area contributed by atoms with E-state index < -0.39 is 0 Å². The average Bonchev–Trinajstić information content (AvgIpc) is 3.05. The van der Waals surface area contributed by atoms with Crippen LogP contribution in [0.1, 0.15) is 78.6 Å². The molecule has 16 heavy (non-hydrogen) atoms. The van der Waals surface area contributed by atoms with Crippen LogP contribution in [0.2, 0.25) is 0 Å². The van der Waals surface area contributed by atoms with Crippen molar-refractivity contribution in [2.45, 2.75) is 84.6 Å². The standard InChI is InChI=1S/C15H31N/c1-4-6-7-8-9-10-11-15(12-13-15)14(3)16-5-2/h14,16H,4-13H2,1-3H3. The van der Waals surface area contributed by atoms with Gasteiger partial charge >= 0.3 is 0 Å². The summed E-state index contributed by atoms with van der Waals surface area (Å²) in [5, 5.41) is 3.61. The minimum Gasteiger partial charge on any atom is -0.314 e. The Morgan fingerprint density at radius 2 is 1.62 bits per heavy atom. The Kier molecular flexibility index (Phi) is 6.41. The minimum atomic E-state index is 0.695. The van der Waals surface area contributed by atoms with Gasteiger partial charge in [0, 0.05) is 6.04 Å². The van der Waals surface area contributed by atoms with E-state index in [2.05, 4.69) is 26.1 Å². The Morgan fingerprint density at radius 1 is 1.00 bits per heavy atom. The van der Waals surface area contributed by atoms with Gasteiger partial charge in [0.25, 0.3) is 0 Å². The van der Waals surface area contributed by atoms with Gasteiger partial charge in [0.05, 0.1) is 0 Å².